The molecule has 2 N–H and O–H groups in total. The van der Waals surface area contributed by atoms with E-state index in [1.807, 2.05) is 12.1 Å². The molecule has 0 aliphatic carbocycles. The van der Waals surface area contributed by atoms with Gasteiger partial charge in [0.1, 0.15) is 0 Å². The molecule has 5 nitrogen and oxygen atoms in total. The largest absolute Gasteiger partial charge is 0.493 e. The number of fused-ring (bicyclic) bond motifs is 1. The normalized spacial score (nSPS) is 12.1. The van der Waals surface area contributed by atoms with Gasteiger partial charge in [-0.05, 0) is 11.3 Å². The average Bonchev–Trinajstić information content (AvgIpc) is 2.72. The minimum absolute atomic E-state index is 0.120. The number of nitrogen functional groups attached to an aromatic ring is 1. The van der Waals surface area contributed by atoms with Gasteiger partial charge >= 0.3 is 0 Å². The highest BCUT2D eigenvalue weighted by Gasteiger charge is 2.25. The lowest BCUT2D eigenvalue weighted by Crippen LogP contribution is -2.26. The Labute approximate surface area is 126 Å². The van der Waals surface area contributed by atoms with E-state index in [0.717, 1.165) is 17.6 Å². The van der Waals surface area contributed by atoms with Crippen molar-refractivity contribution in [3.63, 3.8) is 0 Å². The van der Waals surface area contributed by atoms with Crippen molar-refractivity contribution >= 4 is 17.0 Å². The number of hydrogen-bond donors (Lipinski definition) is 1. The monoisotopic (exact) mass is 291 g/mol. The molecule has 0 bridgehead atoms. The highest BCUT2D eigenvalue weighted by atomic mass is 16.5. The van der Waals surface area contributed by atoms with Crippen LogP contribution in [-0.4, -0.2) is 23.8 Å². The van der Waals surface area contributed by atoms with Gasteiger partial charge in [-0.2, -0.15) is 0 Å². The van der Waals surface area contributed by atoms with Crippen LogP contribution >= 0.6 is 0 Å². The second-order valence-corrected chi connectivity index (χ2v) is 6.40. The summed E-state index contributed by atoms with van der Waals surface area (Å²) in [6, 6.07) is 3.80. The Kier molecular flexibility index (Phi) is 4.03. The quantitative estimate of drug-likeness (QED) is 0.918. The standard InChI is InChI=1S/C16H25N3O2/c1-10(2)16(3,4)9-19-12-8-14(21-6)13(20-5)7-11(12)18-15(19)17/h7-8,10H,9H2,1-6H3,(H2,17,18). The van der Waals surface area contributed by atoms with Gasteiger partial charge in [-0.25, -0.2) is 4.98 Å². The average molecular weight is 291 g/mol. The van der Waals surface area contributed by atoms with Crippen LogP contribution in [0.5, 0.6) is 11.5 Å². The number of nitrogens with zero attached hydrogens (tertiary/aromatic N) is 2. The number of ether oxygens (including phenoxy) is 2. The van der Waals surface area contributed by atoms with Gasteiger partial charge < -0.3 is 19.8 Å². The van der Waals surface area contributed by atoms with Crippen LogP contribution in [0.4, 0.5) is 5.95 Å². The van der Waals surface area contributed by atoms with Gasteiger partial charge in [0, 0.05) is 18.7 Å². The third-order valence-electron chi connectivity index (χ3n) is 4.41. The van der Waals surface area contributed by atoms with Crippen LogP contribution in [0.25, 0.3) is 11.0 Å². The molecule has 1 aromatic carbocycles. The molecule has 0 atom stereocenters. The second-order valence-electron chi connectivity index (χ2n) is 6.40. The van der Waals surface area contributed by atoms with E-state index in [1.54, 1.807) is 14.2 Å². The van der Waals surface area contributed by atoms with E-state index in [0.29, 0.717) is 23.4 Å². The first-order valence-corrected chi connectivity index (χ1v) is 7.18. The molecule has 2 aromatic rings. The van der Waals surface area contributed by atoms with Crippen molar-refractivity contribution in [3.05, 3.63) is 12.1 Å². The Hall–Kier alpha value is -1.91. The van der Waals surface area contributed by atoms with Crippen molar-refractivity contribution in [3.8, 4) is 11.5 Å². The summed E-state index contributed by atoms with van der Waals surface area (Å²) >= 11 is 0. The van der Waals surface area contributed by atoms with Crippen LogP contribution in [0, 0.1) is 11.3 Å². The molecule has 21 heavy (non-hydrogen) atoms. The molecule has 0 radical (unpaired) electrons. The van der Waals surface area contributed by atoms with E-state index in [9.17, 15) is 0 Å². The number of hydrogen-bond acceptors (Lipinski definition) is 4. The van der Waals surface area contributed by atoms with E-state index in [4.69, 9.17) is 15.2 Å². The minimum Gasteiger partial charge on any atom is -0.493 e. The minimum atomic E-state index is 0.120. The van der Waals surface area contributed by atoms with Crippen molar-refractivity contribution in [2.45, 2.75) is 34.2 Å². The van der Waals surface area contributed by atoms with Gasteiger partial charge in [-0.15, -0.1) is 0 Å². The molecular weight excluding hydrogens is 266 g/mol. The Morgan fingerprint density at radius 2 is 1.76 bits per heavy atom. The highest BCUT2D eigenvalue weighted by Crippen LogP contribution is 2.35. The SMILES string of the molecule is COc1cc2nc(N)n(CC(C)(C)C(C)C)c2cc1OC. The lowest BCUT2D eigenvalue weighted by Gasteiger charge is -2.30. The first-order chi connectivity index (χ1) is 9.80. The zero-order chi connectivity index (χ0) is 15.8. The van der Waals surface area contributed by atoms with E-state index in [1.165, 1.54) is 0 Å². The number of nitrogens with two attached hydrogens (primary N) is 1. The van der Waals surface area contributed by atoms with Crippen molar-refractivity contribution < 1.29 is 9.47 Å². The fourth-order valence-corrected chi connectivity index (χ4v) is 2.23. The van der Waals surface area contributed by atoms with Gasteiger partial charge in [-0.3, -0.25) is 0 Å². The second kappa shape index (κ2) is 5.47. The molecule has 2 rings (SSSR count). The summed E-state index contributed by atoms with van der Waals surface area (Å²) in [4.78, 5) is 4.45. The number of benzene rings is 1. The molecule has 0 aliphatic rings. The zero-order valence-electron chi connectivity index (χ0n) is 13.7. The maximum atomic E-state index is 6.11. The number of methoxy groups -OCH3 is 2. The van der Waals surface area contributed by atoms with Crippen molar-refractivity contribution in [1.29, 1.82) is 0 Å². The summed E-state index contributed by atoms with van der Waals surface area (Å²) in [5.41, 5.74) is 8.03. The van der Waals surface area contributed by atoms with Crippen LogP contribution in [0.1, 0.15) is 27.7 Å². The van der Waals surface area contributed by atoms with Gasteiger partial charge in [0.15, 0.2) is 11.5 Å². The molecule has 1 aromatic heterocycles. The van der Waals surface area contributed by atoms with Crippen molar-refractivity contribution in [2.24, 2.45) is 11.3 Å². The lowest BCUT2D eigenvalue weighted by molar-refractivity contribution is 0.214. The van der Waals surface area contributed by atoms with Crippen LogP contribution in [-0.2, 0) is 6.54 Å². The molecule has 0 saturated heterocycles. The zero-order valence-corrected chi connectivity index (χ0v) is 13.7. The topological polar surface area (TPSA) is 62.3 Å². The number of imidazole rings is 1. The smallest absolute Gasteiger partial charge is 0.201 e. The van der Waals surface area contributed by atoms with Crippen LogP contribution in [0.3, 0.4) is 0 Å². The van der Waals surface area contributed by atoms with E-state index in [-0.39, 0.29) is 5.41 Å². The summed E-state index contributed by atoms with van der Waals surface area (Å²) in [5, 5.41) is 0. The predicted octanol–water partition coefficient (Wildman–Crippen LogP) is 3.32. The Balaban J connectivity index is 2.56. The van der Waals surface area contributed by atoms with E-state index >= 15 is 0 Å². The van der Waals surface area contributed by atoms with Crippen LogP contribution in [0.2, 0.25) is 0 Å². The lowest BCUT2D eigenvalue weighted by atomic mass is 9.81. The third kappa shape index (κ3) is 2.77. The fraction of sp³-hybridized carbons (Fsp3) is 0.562. The number of aromatic nitrogens is 2. The maximum absolute atomic E-state index is 6.11. The fourth-order valence-electron chi connectivity index (χ4n) is 2.23. The number of anilines is 1. The molecule has 0 saturated carbocycles. The first kappa shape index (κ1) is 15.5. The molecular formula is C16H25N3O2. The summed E-state index contributed by atoms with van der Waals surface area (Å²) in [6.07, 6.45) is 0. The molecule has 1 heterocycles. The van der Waals surface area contributed by atoms with Gasteiger partial charge in [0.25, 0.3) is 0 Å². The molecule has 5 heteroatoms. The molecule has 116 valence electrons. The maximum Gasteiger partial charge on any atom is 0.201 e. The van der Waals surface area contributed by atoms with Crippen LogP contribution in [0.15, 0.2) is 12.1 Å². The van der Waals surface area contributed by atoms with Crippen LogP contribution < -0.4 is 15.2 Å². The summed E-state index contributed by atoms with van der Waals surface area (Å²) in [5.74, 6) is 2.41. The van der Waals surface area contributed by atoms with Gasteiger partial charge in [0.2, 0.25) is 5.95 Å². The Morgan fingerprint density at radius 3 is 2.29 bits per heavy atom. The first-order valence-electron chi connectivity index (χ1n) is 7.18. The Bertz CT molecular complexity index is 644. The van der Waals surface area contributed by atoms with Gasteiger partial charge in [0.05, 0.1) is 25.3 Å². The number of rotatable bonds is 5. The molecule has 0 aliphatic heterocycles. The van der Waals surface area contributed by atoms with Crippen molar-refractivity contribution in [2.75, 3.05) is 20.0 Å². The molecule has 0 spiro atoms. The Morgan fingerprint density at radius 1 is 1.19 bits per heavy atom. The molecule has 0 amide bonds. The highest BCUT2D eigenvalue weighted by molar-refractivity contribution is 5.82. The summed E-state index contributed by atoms with van der Waals surface area (Å²) in [7, 11) is 3.25. The predicted molar refractivity (Wildman–Crippen MR) is 85.9 cm³/mol. The van der Waals surface area contributed by atoms with E-state index in [2.05, 4.69) is 37.2 Å². The van der Waals surface area contributed by atoms with Crippen molar-refractivity contribution in [1.82, 2.24) is 9.55 Å². The summed E-state index contributed by atoms with van der Waals surface area (Å²) in [6.45, 7) is 9.73. The molecule has 0 unspecified atom stereocenters. The third-order valence-corrected chi connectivity index (χ3v) is 4.41. The van der Waals surface area contributed by atoms with E-state index < -0.39 is 0 Å². The summed E-state index contributed by atoms with van der Waals surface area (Å²) < 4.78 is 12.7. The molecule has 0 fully saturated rings. The van der Waals surface area contributed by atoms with Gasteiger partial charge in [-0.1, -0.05) is 27.7 Å².